The average Bonchev–Trinajstić information content (AvgIpc) is 2.47. The first-order valence-corrected chi connectivity index (χ1v) is 5.64. The first-order valence-electron chi connectivity index (χ1n) is 5.64. The summed E-state index contributed by atoms with van der Waals surface area (Å²) in [6.45, 7) is 0. The maximum atomic E-state index is 13.6. The third kappa shape index (κ3) is 2.29. The molecule has 0 radical (unpaired) electrons. The van der Waals surface area contributed by atoms with E-state index in [1.54, 1.807) is 6.07 Å². The maximum Gasteiger partial charge on any atom is 0.162 e. The van der Waals surface area contributed by atoms with Crippen LogP contribution in [0.4, 0.5) is 8.78 Å². The van der Waals surface area contributed by atoms with Gasteiger partial charge in [-0.2, -0.15) is 0 Å². The van der Waals surface area contributed by atoms with E-state index in [0.29, 0.717) is 24.8 Å². The van der Waals surface area contributed by atoms with Gasteiger partial charge in [-0.05, 0) is 36.8 Å². The minimum absolute atomic E-state index is 0.0119. The Bertz CT molecular complexity index is 401. The van der Waals surface area contributed by atoms with E-state index in [-0.39, 0.29) is 11.7 Å². The topological polar surface area (TPSA) is 17.1 Å². The molecule has 1 unspecified atom stereocenters. The van der Waals surface area contributed by atoms with Crippen molar-refractivity contribution in [3.8, 4) is 0 Å². The number of hydrogen-bond donors (Lipinski definition) is 0. The molecule has 1 fully saturated rings. The molecule has 0 aromatic heterocycles. The molecular formula is C13H14F2O. The number of hydrogen-bond acceptors (Lipinski definition) is 1. The summed E-state index contributed by atoms with van der Waals surface area (Å²) in [7, 11) is 0. The highest BCUT2D eigenvalue weighted by Gasteiger charge is 2.21. The van der Waals surface area contributed by atoms with Gasteiger partial charge in [-0.25, -0.2) is 8.78 Å². The van der Waals surface area contributed by atoms with Crippen molar-refractivity contribution in [2.75, 3.05) is 0 Å². The summed E-state index contributed by atoms with van der Waals surface area (Å²) in [5, 5.41) is 0. The second-order valence-electron chi connectivity index (χ2n) is 4.31. The van der Waals surface area contributed by atoms with Gasteiger partial charge in [-0.15, -0.1) is 0 Å². The number of ketones is 1. The lowest BCUT2D eigenvalue weighted by molar-refractivity contribution is -0.118. The van der Waals surface area contributed by atoms with Crippen LogP contribution >= 0.6 is 0 Å². The predicted molar refractivity (Wildman–Crippen MR) is 57.2 cm³/mol. The highest BCUT2D eigenvalue weighted by molar-refractivity contribution is 5.78. The van der Waals surface area contributed by atoms with Crippen molar-refractivity contribution in [2.45, 2.75) is 38.0 Å². The molecule has 0 amide bonds. The second kappa shape index (κ2) is 4.73. The van der Waals surface area contributed by atoms with Crippen LogP contribution in [0.15, 0.2) is 18.2 Å². The Kier molecular flexibility index (Phi) is 3.32. The smallest absolute Gasteiger partial charge is 0.162 e. The molecule has 0 saturated heterocycles. The first-order chi connectivity index (χ1) is 7.68. The zero-order valence-corrected chi connectivity index (χ0v) is 9.01. The van der Waals surface area contributed by atoms with Gasteiger partial charge in [-0.3, -0.25) is 4.79 Å². The Labute approximate surface area is 93.5 Å². The SMILES string of the molecule is O=C1CCCC(c2cccc(F)c2F)CC1. The summed E-state index contributed by atoms with van der Waals surface area (Å²) in [5.41, 5.74) is 0.426. The molecule has 1 aromatic rings. The number of rotatable bonds is 1. The van der Waals surface area contributed by atoms with Crippen LogP contribution in [0.1, 0.15) is 43.6 Å². The minimum Gasteiger partial charge on any atom is -0.300 e. The maximum absolute atomic E-state index is 13.6. The summed E-state index contributed by atoms with van der Waals surface area (Å²) in [5.74, 6) is -1.32. The number of halogens is 2. The Morgan fingerprint density at radius 2 is 1.94 bits per heavy atom. The first kappa shape index (κ1) is 11.2. The van der Waals surface area contributed by atoms with Crippen molar-refractivity contribution < 1.29 is 13.6 Å². The fourth-order valence-electron chi connectivity index (χ4n) is 2.30. The molecule has 1 atom stereocenters. The van der Waals surface area contributed by atoms with Crippen LogP contribution in [-0.2, 0) is 4.79 Å². The summed E-state index contributed by atoms with van der Waals surface area (Å²) in [6, 6.07) is 4.28. The molecule has 86 valence electrons. The molecule has 1 nitrogen and oxygen atoms in total. The fourth-order valence-corrected chi connectivity index (χ4v) is 2.30. The highest BCUT2D eigenvalue weighted by atomic mass is 19.2. The van der Waals surface area contributed by atoms with Gasteiger partial charge in [0.1, 0.15) is 5.78 Å². The van der Waals surface area contributed by atoms with E-state index in [4.69, 9.17) is 0 Å². The van der Waals surface area contributed by atoms with Crippen LogP contribution in [-0.4, -0.2) is 5.78 Å². The van der Waals surface area contributed by atoms with Gasteiger partial charge >= 0.3 is 0 Å². The summed E-state index contributed by atoms with van der Waals surface area (Å²) >= 11 is 0. The van der Waals surface area contributed by atoms with E-state index in [0.717, 1.165) is 18.9 Å². The molecule has 0 N–H and O–H groups in total. The Hall–Kier alpha value is -1.25. The van der Waals surface area contributed by atoms with Crippen LogP contribution < -0.4 is 0 Å². The van der Waals surface area contributed by atoms with Crippen LogP contribution in [0.5, 0.6) is 0 Å². The summed E-state index contributed by atoms with van der Waals surface area (Å²) in [4.78, 5) is 11.2. The van der Waals surface area contributed by atoms with Crippen molar-refractivity contribution in [1.82, 2.24) is 0 Å². The molecule has 16 heavy (non-hydrogen) atoms. The van der Waals surface area contributed by atoms with Gasteiger partial charge in [0.15, 0.2) is 11.6 Å². The third-order valence-electron chi connectivity index (χ3n) is 3.20. The lowest BCUT2D eigenvalue weighted by Gasteiger charge is -2.14. The molecule has 0 bridgehead atoms. The predicted octanol–water partition coefficient (Wildman–Crippen LogP) is 3.58. The number of carbonyl (C=O) groups is 1. The van der Waals surface area contributed by atoms with E-state index in [9.17, 15) is 13.6 Å². The number of carbonyl (C=O) groups excluding carboxylic acids is 1. The van der Waals surface area contributed by atoms with Crippen LogP contribution in [0.2, 0.25) is 0 Å². The van der Waals surface area contributed by atoms with Gasteiger partial charge in [0.05, 0.1) is 0 Å². The zero-order valence-electron chi connectivity index (χ0n) is 9.01. The van der Waals surface area contributed by atoms with Gasteiger partial charge < -0.3 is 0 Å². The molecule has 1 aliphatic rings. The molecule has 3 heteroatoms. The lowest BCUT2D eigenvalue weighted by Crippen LogP contribution is -2.02. The van der Waals surface area contributed by atoms with Crippen molar-refractivity contribution in [3.05, 3.63) is 35.4 Å². The van der Waals surface area contributed by atoms with Crippen molar-refractivity contribution in [1.29, 1.82) is 0 Å². The second-order valence-corrected chi connectivity index (χ2v) is 4.31. The van der Waals surface area contributed by atoms with E-state index in [2.05, 4.69) is 0 Å². The Balaban J connectivity index is 2.23. The van der Waals surface area contributed by atoms with Crippen LogP contribution in [0, 0.1) is 11.6 Å². The van der Waals surface area contributed by atoms with E-state index < -0.39 is 11.6 Å². The fraction of sp³-hybridized carbons (Fsp3) is 0.462. The molecule has 1 aliphatic carbocycles. The van der Waals surface area contributed by atoms with Crippen LogP contribution in [0.3, 0.4) is 0 Å². The molecule has 0 heterocycles. The van der Waals surface area contributed by atoms with E-state index in [1.807, 2.05) is 0 Å². The minimum atomic E-state index is -0.798. The largest absolute Gasteiger partial charge is 0.300 e. The summed E-state index contributed by atoms with van der Waals surface area (Å²) in [6.07, 6.45) is 3.25. The Morgan fingerprint density at radius 1 is 1.12 bits per heavy atom. The van der Waals surface area contributed by atoms with Gasteiger partial charge in [-0.1, -0.05) is 12.1 Å². The molecule has 2 rings (SSSR count). The molecule has 1 saturated carbocycles. The third-order valence-corrected chi connectivity index (χ3v) is 3.20. The average molecular weight is 224 g/mol. The summed E-state index contributed by atoms with van der Waals surface area (Å²) < 4.78 is 26.6. The van der Waals surface area contributed by atoms with E-state index >= 15 is 0 Å². The van der Waals surface area contributed by atoms with E-state index in [1.165, 1.54) is 6.07 Å². The van der Waals surface area contributed by atoms with Crippen molar-refractivity contribution in [3.63, 3.8) is 0 Å². The number of Topliss-reactive ketones (excluding diaryl/α,β-unsaturated/α-hetero) is 1. The monoisotopic (exact) mass is 224 g/mol. The number of benzene rings is 1. The molecule has 0 spiro atoms. The van der Waals surface area contributed by atoms with Crippen molar-refractivity contribution >= 4 is 5.78 Å². The van der Waals surface area contributed by atoms with Gasteiger partial charge in [0, 0.05) is 12.8 Å². The normalized spacial score (nSPS) is 21.9. The molecule has 0 aliphatic heterocycles. The highest BCUT2D eigenvalue weighted by Crippen LogP contribution is 2.32. The molecule has 1 aromatic carbocycles. The van der Waals surface area contributed by atoms with Gasteiger partial charge in [0.25, 0.3) is 0 Å². The van der Waals surface area contributed by atoms with Crippen molar-refractivity contribution in [2.24, 2.45) is 0 Å². The molecular weight excluding hydrogens is 210 g/mol. The quantitative estimate of drug-likeness (QED) is 0.666. The zero-order chi connectivity index (χ0) is 11.5. The lowest BCUT2D eigenvalue weighted by atomic mass is 9.91. The van der Waals surface area contributed by atoms with Crippen LogP contribution in [0.25, 0.3) is 0 Å². The standard InChI is InChI=1S/C13H14F2O/c14-12-6-2-5-11(13(12)15)9-3-1-4-10(16)8-7-9/h2,5-6,9H,1,3-4,7-8H2. The Morgan fingerprint density at radius 3 is 2.75 bits per heavy atom. The van der Waals surface area contributed by atoms with Gasteiger partial charge in [0.2, 0.25) is 0 Å².